The van der Waals surface area contributed by atoms with Crippen molar-refractivity contribution < 1.29 is 16.8 Å². The topological polar surface area (TPSA) is 118 Å². The van der Waals surface area contributed by atoms with Crippen LogP contribution in [0.3, 0.4) is 0 Å². The smallest absolute Gasteiger partial charge is 0.243 e. The Bertz CT molecular complexity index is 670. The average molecular weight is 320 g/mol. The minimum Gasteiger partial charge on any atom is -0.357 e. The summed E-state index contributed by atoms with van der Waals surface area (Å²) in [6.07, 6.45) is 2.89. The molecule has 112 valence electrons. The van der Waals surface area contributed by atoms with E-state index in [1.807, 2.05) is 0 Å². The van der Waals surface area contributed by atoms with Crippen LogP contribution in [-0.2, 0) is 19.9 Å². The third kappa shape index (κ3) is 3.64. The molecule has 2 N–H and O–H groups in total. The summed E-state index contributed by atoms with van der Waals surface area (Å²) in [6.45, 7) is 0.106. The Balaban J connectivity index is 2.00. The first-order valence-corrected chi connectivity index (χ1v) is 9.33. The lowest BCUT2D eigenvalue weighted by molar-refractivity contribution is 0.542. The predicted molar refractivity (Wildman–Crippen MR) is 73.5 cm³/mol. The van der Waals surface area contributed by atoms with Crippen LogP contribution in [0.1, 0.15) is 6.42 Å². The van der Waals surface area contributed by atoms with E-state index in [4.69, 9.17) is 0 Å². The van der Waals surface area contributed by atoms with Gasteiger partial charge in [0.25, 0.3) is 0 Å². The molecule has 0 aliphatic carbocycles. The van der Waals surface area contributed by atoms with Crippen molar-refractivity contribution in [2.24, 2.45) is 5.92 Å². The summed E-state index contributed by atoms with van der Waals surface area (Å²) in [7, 11) is -5.08. The molecule has 1 saturated heterocycles. The Morgan fingerprint density at radius 3 is 2.50 bits per heavy atom. The number of rotatable bonds is 5. The second-order valence-electron chi connectivity index (χ2n) is 4.61. The normalized spacial score (nSPS) is 21.8. The van der Waals surface area contributed by atoms with Gasteiger partial charge >= 0.3 is 0 Å². The number of hydrogen-bond donors (Lipinski definition) is 2. The van der Waals surface area contributed by atoms with Crippen LogP contribution in [0.4, 0.5) is 5.95 Å². The summed E-state index contributed by atoms with van der Waals surface area (Å²) in [6, 6.07) is 0. The van der Waals surface area contributed by atoms with E-state index < -0.39 is 19.9 Å². The molecule has 0 spiro atoms. The SMILES string of the molecule is CNc1ncc(S(=O)(=O)NCC2CCS(=O)(=O)C2)cn1. The van der Waals surface area contributed by atoms with Crippen LogP contribution in [0.15, 0.2) is 17.3 Å². The van der Waals surface area contributed by atoms with Crippen LogP contribution in [0.25, 0.3) is 0 Å². The second kappa shape index (κ2) is 5.62. The van der Waals surface area contributed by atoms with Gasteiger partial charge in [0.1, 0.15) is 4.90 Å². The molecular formula is C10H16N4O4S2. The summed E-state index contributed by atoms with van der Waals surface area (Å²) < 4.78 is 49.0. The Hall–Kier alpha value is -1.26. The molecule has 0 amide bonds. The molecule has 2 heterocycles. The van der Waals surface area contributed by atoms with Crippen LogP contribution in [0.2, 0.25) is 0 Å². The third-order valence-corrected chi connectivity index (χ3v) is 6.27. The lowest BCUT2D eigenvalue weighted by Gasteiger charge is -2.10. The van der Waals surface area contributed by atoms with Gasteiger partial charge in [0, 0.05) is 13.6 Å². The number of hydrogen-bond acceptors (Lipinski definition) is 7. The van der Waals surface area contributed by atoms with Gasteiger partial charge in [0.05, 0.1) is 23.9 Å². The predicted octanol–water partition coefficient (Wildman–Crippen LogP) is -0.769. The van der Waals surface area contributed by atoms with Crippen molar-refractivity contribution in [2.45, 2.75) is 11.3 Å². The fraction of sp³-hybridized carbons (Fsp3) is 0.600. The van der Waals surface area contributed by atoms with Crippen molar-refractivity contribution in [3.8, 4) is 0 Å². The Morgan fingerprint density at radius 2 is 2.00 bits per heavy atom. The molecule has 0 bridgehead atoms. The van der Waals surface area contributed by atoms with E-state index in [1.165, 1.54) is 12.4 Å². The van der Waals surface area contributed by atoms with E-state index >= 15 is 0 Å². The molecule has 1 atom stereocenters. The fourth-order valence-electron chi connectivity index (χ4n) is 1.93. The van der Waals surface area contributed by atoms with Gasteiger partial charge in [-0.25, -0.2) is 31.5 Å². The van der Waals surface area contributed by atoms with E-state index in [2.05, 4.69) is 20.0 Å². The molecule has 1 fully saturated rings. The number of anilines is 1. The molecule has 1 aromatic heterocycles. The van der Waals surface area contributed by atoms with Gasteiger partial charge in [-0.2, -0.15) is 0 Å². The lowest BCUT2D eigenvalue weighted by Crippen LogP contribution is -2.30. The first kappa shape index (κ1) is 15.1. The van der Waals surface area contributed by atoms with Crippen molar-refractivity contribution in [2.75, 3.05) is 30.4 Å². The van der Waals surface area contributed by atoms with Gasteiger partial charge < -0.3 is 5.32 Å². The average Bonchev–Trinajstić information content (AvgIpc) is 2.76. The Morgan fingerprint density at radius 1 is 1.35 bits per heavy atom. The number of nitrogens with zero attached hydrogens (tertiary/aromatic N) is 2. The maximum atomic E-state index is 12.0. The van der Waals surface area contributed by atoms with Crippen molar-refractivity contribution in [1.82, 2.24) is 14.7 Å². The standard InChI is InChI=1S/C10H16N4O4S2/c1-11-10-12-5-9(6-13-10)20(17,18)14-4-8-2-3-19(15,16)7-8/h5-6,8,14H,2-4,7H2,1H3,(H,11,12,13). The summed E-state index contributed by atoms with van der Waals surface area (Å²) in [5.41, 5.74) is 0. The highest BCUT2D eigenvalue weighted by atomic mass is 32.2. The number of sulfonamides is 1. The van der Waals surface area contributed by atoms with Gasteiger partial charge in [-0.3, -0.25) is 0 Å². The molecule has 1 unspecified atom stereocenters. The zero-order chi connectivity index (χ0) is 14.8. The zero-order valence-electron chi connectivity index (χ0n) is 10.9. The monoisotopic (exact) mass is 320 g/mol. The highest BCUT2D eigenvalue weighted by Crippen LogP contribution is 2.18. The number of nitrogens with one attached hydrogen (secondary N) is 2. The molecule has 2 rings (SSSR count). The minimum absolute atomic E-state index is 0.0325. The van der Waals surface area contributed by atoms with Gasteiger partial charge in [0.15, 0.2) is 9.84 Å². The first-order chi connectivity index (χ1) is 9.32. The van der Waals surface area contributed by atoms with Crippen molar-refractivity contribution >= 4 is 25.8 Å². The van der Waals surface area contributed by atoms with Crippen LogP contribution < -0.4 is 10.0 Å². The molecule has 0 radical (unpaired) electrons. The van der Waals surface area contributed by atoms with E-state index in [0.717, 1.165) is 0 Å². The van der Waals surface area contributed by atoms with Crippen molar-refractivity contribution in [1.29, 1.82) is 0 Å². The highest BCUT2D eigenvalue weighted by molar-refractivity contribution is 7.91. The molecule has 20 heavy (non-hydrogen) atoms. The molecule has 0 aromatic carbocycles. The Kier molecular flexibility index (Phi) is 4.25. The van der Waals surface area contributed by atoms with E-state index in [9.17, 15) is 16.8 Å². The van der Waals surface area contributed by atoms with Gasteiger partial charge in [-0.05, 0) is 12.3 Å². The number of aromatic nitrogens is 2. The van der Waals surface area contributed by atoms with Gasteiger partial charge in [-0.1, -0.05) is 0 Å². The Labute approximate surface area is 118 Å². The van der Waals surface area contributed by atoms with Crippen LogP contribution in [0, 0.1) is 5.92 Å². The fourth-order valence-corrected chi connectivity index (χ4v) is 4.79. The number of sulfone groups is 1. The van der Waals surface area contributed by atoms with E-state index in [1.54, 1.807) is 7.05 Å². The maximum absolute atomic E-state index is 12.0. The van der Waals surface area contributed by atoms with Gasteiger partial charge in [-0.15, -0.1) is 0 Å². The minimum atomic E-state index is -3.71. The van der Waals surface area contributed by atoms with E-state index in [0.29, 0.717) is 12.4 Å². The third-order valence-electron chi connectivity index (χ3n) is 3.05. The largest absolute Gasteiger partial charge is 0.357 e. The maximum Gasteiger partial charge on any atom is 0.243 e. The zero-order valence-corrected chi connectivity index (χ0v) is 12.5. The first-order valence-electron chi connectivity index (χ1n) is 6.02. The van der Waals surface area contributed by atoms with Crippen LogP contribution in [0.5, 0.6) is 0 Å². The molecule has 1 aliphatic heterocycles. The highest BCUT2D eigenvalue weighted by Gasteiger charge is 2.29. The van der Waals surface area contributed by atoms with Crippen molar-refractivity contribution in [3.63, 3.8) is 0 Å². The quantitative estimate of drug-likeness (QED) is 0.731. The van der Waals surface area contributed by atoms with E-state index in [-0.39, 0.29) is 28.9 Å². The molecule has 1 aliphatic rings. The lowest BCUT2D eigenvalue weighted by atomic mass is 10.1. The molecule has 10 heteroatoms. The summed E-state index contributed by atoms with van der Waals surface area (Å²) >= 11 is 0. The van der Waals surface area contributed by atoms with Gasteiger partial charge in [0.2, 0.25) is 16.0 Å². The van der Waals surface area contributed by atoms with Crippen molar-refractivity contribution in [3.05, 3.63) is 12.4 Å². The summed E-state index contributed by atoms with van der Waals surface area (Å²) in [4.78, 5) is 7.61. The summed E-state index contributed by atoms with van der Waals surface area (Å²) in [5, 5.41) is 2.69. The second-order valence-corrected chi connectivity index (χ2v) is 8.61. The van der Waals surface area contributed by atoms with Crippen LogP contribution in [-0.4, -0.2) is 51.9 Å². The summed E-state index contributed by atoms with van der Waals surface area (Å²) in [5.74, 6) is 0.308. The van der Waals surface area contributed by atoms with Crippen LogP contribution >= 0.6 is 0 Å². The molecule has 8 nitrogen and oxygen atoms in total. The molecule has 1 aromatic rings. The molecular weight excluding hydrogens is 304 g/mol. The molecule has 0 saturated carbocycles.